The number of ether oxygens (including phenoxy) is 1. The van der Waals surface area contributed by atoms with Crippen LogP contribution in [0.15, 0.2) is 0 Å². The zero-order valence-corrected chi connectivity index (χ0v) is 13.4. The summed E-state index contributed by atoms with van der Waals surface area (Å²) in [7, 11) is 1.87. The first-order valence-electron chi connectivity index (χ1n) is 8.17. The first-order chi connectivity index (χ1) is 9.55. The zero-order valence-electron chi connectivity index (χ0n) is 13.4. The number of nitrogens with zero attached hydrogens (tertiary/aromatic N) is 1. The molecule has 3 unspecified atom stereocenters. The first-order valence-corrected chi connectivity index (χ1v) is 8.17. The molecule has 2 fully saturated rings. The van der Waals surface area contributed by atoms with Crippen LogP contribution in [-0.4, -0.2) is 49.2 Å². The maximum absolute atomic E-state index is 12.2. The van der Waals surface area contributed by atoms with Crippen LogP contribution in [0.3, 0.4) is 0 Å². The van der Waals surface area contributed by atoms with E-state index in [0.29, 0.717) is 17.6 Å². The Kier molecular flexibility index (Phi) is 5.08. The van der Waals surface area contributed by atoms with E-state index in [0.717, 1.165) is 19.6 Å². The second kappa shape index (κ2) is 6.44. The van der Waals surface area contributed by atoms with Gasteiger partial charge >= 0.3 is 0 Å². The minimum atomic E-state index is -0.0926. The van der Waals surface area contributed by atoms with Gasteiger partial charge in [0.15, 0.2) is 0 Å². The molecule has 0 heterocycles. The van der Waals surface area contributed by atoms with Gasteiger partial charge in [-0.25, -0.2) is 0 Å². The van der Waals surface area contributed by atoms with Crippen molar-refractivity contribution in [2.75, 3.05) is 20.2 Å². The van der Waals surface area contributed by atoms with Gasteiger partial charge in [0, 0.05) is 31.7 Å². The molecule has 2 saturated carbocycles. The Morgan fingerprint density at radius 2 is 2.05 bits per heavy atom. The Bertz CT molecular complexity index is 339. The Morgan fingerprint density at radius 3 is 2.60 bits per heavy atom. The molecule has 0 aromatic rings. The van der Waals surface area contributed by atoms with E-state index in [1.54, 1.807) is 4.90 Å². The highest BCUT2D eigenvalue weighted by molar-refractivity contribution is 5.81. The van der Waals surface area contributed by atoms with Crippen molar-refractivity contribution in [2.45, 2.75) is 71.1 Å². The number of likely N-dealkylation sites (N-methyl/N-ethyl adjacent to an activating group) is 1. The normalized spacial score (nSPS) is 29.2. The monoisotopic (exact) mass is 282 g/mol. The minimum Gasteiger partial charge on any atom is -0.378 e. The van der Waals surface area contributed by atoms with Crippen molar-refractivity contribution in [1.82, 2.24) is 10.2 Å². The van der Waals surface area contributed by atoms with Crippen molar-refractivity contribution in [1.29, 1.82) is 0 Å². The van der Waals surface area contributed by atoms with Crippen LogP contribution >= 0.6 is 0 Å². The van der Waals surface area contributed by atoms with Crippen LogP contribution < -0.4 is 5.32 Å². The van der Waals surface area contributed by atoms with E-state index in [-0.39, 0.29) is 11.9 Å². The van der Waals surface area contributed by atoms with Crippen LogP contribution in [0.5, 0.6) is 0 Å². The summed E-state index contributed by atoms with van der Waals surface area (Å²) >= 11 is 0. The van der Waals surface area contributed by atoms with Crippen LogP contribution in [0, 0.1) is 5.41 Å². The molecule has 1 N–H and O–H groups in total. The lowest BCUT2D eigenvalue weighted by molar-refractivity contribution is -0.142. The van der Waals surface area contributed by atoms with Gasteiger partial charge in [0.05, 0.1) is 12.1 Å². The van der Waals surface area contributed by atoms with Gasteiger partial charge in [-0.2, -0.15) is 0 Å². The molecular weight excluding hydrogens is 252 g/mol. The average Bonchev–Trinajstić information content (AvgIpc) is 2.96. The molecule has 0 bridgehead atoms. The molecule has 0 aliphatic heterocycles. The van der Waals surface area contributed by atoms with Crippen LogP contribution in [0.1, 0.15) is 52.9 Å². The van der Waals surface area contributed by atoms with Gasteiger partial charge in [-0.3, -0.25) is 4.79 Å². The highest BCUT2D eigenvalue weighted by Crippen LogP contribution is 2.54. The van der Waals surface area contributed by atoms with Crippen molar-refractivity contribution in [2.24, 2.45) is 5.41 Å². The van der Waals surface area contributed by atoms with Gasteiger partial charge in [0.25, 0.3) is 0 Å². The summed E-state index contributed by atoms with van der Waals surface area (Å²) in [6.07, 6.45) is 6.57. The zero-order chi connectivity index (χ0) is 14.8. The van der Waals surface area contributed by atoms with E-state index in [4.69, 9.17) is 4.74 Å². The van der Waals surface area contributed by atoms with Crippen LogP contribution in [0.2, 0.25) is 0 Å². The maximum Gasteiger partial charge on any atom is 0.239 e. The molecule has 0 aromatic heterocycles. The lowest BCUT2D eigenvalue weighted by Gasteiger charge is -2.55. The molecule has 2 rings (SSSR count). The molecule has 4 heteroatoms. The Hall–Kier alpha value is -0.610. The maximum atomic E-state index is 12.2. The van der Waals surface area contributed by atoms with Gasteiger partial charge in [-0.15, -0.1) is 0 Å². The third-order valence-electron chi connectivity index (χ3n) is 5.36. The molecule has 3 atom stereocenters. The number of carbonyl (C=O) groups is 1. The van der Waals surface area contributed by atoms with Crippen LogP contribution in [0.4, 0.5) is 0 Å². The Labute approximate surface area is 123 Å². The number of hydrogen-bond acceptors (Lipinski definition) is 3. The quantitative estimate of drug-likeness (QED) is 0.812. The first kappa shape index (κ1) is 15.8. The number of rotatable bonds is 6. The molecule has 1 amide bonds. The molecular formula is C16H30N2O2. The third kappa shape index (κ3) is 2.73. The molecule has 1 spiro atoms. The summed E-state index contributed by atoms with van der Waals surface area (Å²) in [4.78, 5) is 14.0. The smallest absolute Gasteiger partial charge is 0.239 e. The Balaban J connectivity index is 1.94. The van der Waals surface area contributed by atoms with E-state index in [1.807, 2.05) is 20.9 Å². The molecule has 2 aliphatic carbocycles. The fourth-order valence-corrected chi connectivity index (χ4v) is 3.98. The predicted octanol–water partition coefficient (Wildman–Crippen LogP) is 2.18. The second-order valence-corrected chi connectivity index (χ2v) is 6.41. The summed E-state index contributed by atoms with van der Waals surface area (Å²) in [5.74, 6) is 0.195. The topological polar surface area (TPSA) is 41.6 Å². The minimum absolute atomic E-state index is 0.0926. The second-order valence-electron chi connectivity index (χ2n) is 6.41. The summed E-state index contributed by atoms with van der Waals surface area (Å²) in [5.41, 5.74) is 0.301. The van der Waals surface area contributed by atoms with Crippen molar-refractivity contribution in [3.63, 3.8) is 0 Å². The molecule has 20 heavy (non-hydrogen) atoms. The predicted molar refractivity (Wildman–Crippen MR) is 80.6 cm³/mol. The fraction of sp³-hybridized carbons (Fsp3) is 0.938. The number of nitrogens with one attached hydrogen (secondary N) is 1. The summed E-state index contributed by atoms with van der Waals surface area (Å²) in [6.45, 7) is 7.64. The third-order valence-corrected chi connectivity index (χ3v) is 5.36. The lowest BCUT2D eigenvalue weighted by atomic mass is 9.60. The van der Waals surface area contributed by atoms with Crippen molar-refractivity contribution < 1.29 is 9.53 Å². The summed E-state index contributed by atoms with van der Waals surface area (Å²) in [5, 5.41) is 3.58. The standard InChI is InChI=1S/C16H30N2O2/c1-5-18(4)15(19)12(3)17-13-11-14(20-6-2)16(13)9-7-8-10-16/h12-14,17H,5-11H2,1-4H3. The van der Waals surface area contributed by atoms with Crippen molar-refractivity contribution in [3.8, 4) is 0 Å². The van der Waals surface area contributed by atoms with E-state index >= 15 is 0 Å². The number of carbonyl (C=O) groups excluding carboxylic acids is 1. The molecule has 2 aliphatic rings. The van der Waals surface area contributed by atoms with Crippen LogP contribution in [-0.2, 0) is 9.53 Å². The Morgan fingerprint density at radius 1 is 1.40 bits per heavy atom. The molecule has 0 saturated heterocycles. The van der Waals surface area contributed by atoms with E-state index in [1.165, 1.54) is 25.7 Å². The SMILES string of the molecule is CCOC1CC(NC(C)C(=O)N(C)CC)C12CCCC2. The van der Waals surface area contributed by atoms with Gasteiger partial charge in [-0.05, 0) is 40.0 Å². The highest BCUT2D eigenvalue weighted by atomic mass is 16.5. The number of hydrogen-bond donors (Lipinski definition) is 1. The van der Waals surface area contributed by atoms with Gasteiger partial charge < -0.3 is 15.0 Å². The number of amides is 1. The summed E-state index contributed by atoms with van der Waals surface area (Å²) in [6, 6.07) is 0.357. The average molecular weight is 282 g/mol. The van der Waals surface area contributed by atoms with E-state index in [2.05, 4.69) is 12.2 Å². The lowest BCUT2D eigenvalue weighted by Crippen LogP contribution is -2.65. The molecule has 0 aromatic carbocycles. The molecule has 116 valence electrons. The fourth-order valence-electron chi connectivity index (χ4n) is 3.98. The van der Waals surface area contributed by atoms with E-state index in [9.17, 15) is 4.79 Å². The highest BCUT2D eigenvalue weighted by Gasteiger charge is 2.56. The van der Waals surface area contributed by atoms with Gasteiger partial charge in [0.1, 0.15) is 0 Å². The van der Waals surface area contributed by atoms with Gasteiger partial charge in [0.2, 0.25) is 5.91 Å². The molecule has 4 nitrogen and oxygen atoms in total. The van der Waals surface area contributed by atoms with Crippen molar-refractivity contribution >= 4 is 5.91 Å². The largest absolute Gasteiger partial charge is 0.378 e. The van der Waals surface area contributed by atoms with E-state index < -0.39 is 0 Å². The summed E-state index contributed by atoms with van der Waals surface area (Å²) < 4.78 is 5.92. The van der Waals surface area contributed by atoms with Crippen molar-refractivity contribution in [3.05, 3.63) is 0 Å². The van der Waals surface area contributed by atoms with Crippen LogP contribution in [0.25, 0.3) is 0 Å². The van der Waals surface area contributed by atoms with Gasteiger partial charge in [-0.1, -0.05) is 12.8 Å². The molecule has 0 radical (unpaired) electrons.